The predicted molar refractivity (Wildman–Crippen MR) is 123 cm³/mol. The minimum absolute atomic E-state index is 0.0248. The topological polar surface area (TPSA) is 50.6 Å². The molecule has 1 spiro atoms. The van der Waals surface area contributed by atoms with Gasteiger partial charge in [0.15, 0.2) is 0 Å². The molecule has 1 aromatic carbocycles. The SMILES string of the molecule is CN(C)C1(c2ccccc2)CCC2(CC1)CN(CC(C)(C)C#N)C(=O)N2CC1CCC1. The van der Waals surface area contributed by atoms with Crippen molar-refractivity contribution in [1.82, 2.24) is 14.7 Å². The molecule has 0 aromatic heterocycles. The summed E-state index contributed by atoms with van der Waals surface area (Å²) in [5.41, 5.74) is 0.797. The molecule has 0 N–H and O–H groups in total. The number of amides is 2. The Labute approximate surface area is 188 Å². The smallest absolute Gasteiger partial charge is 0.320 e. The molecule has 1 aromatic rings. The summed E-state index contributed by atoms with van der Waals surface area (Å²) >= 11 is 0. The van der Waals surface area contributed by atoms with Crippen LogP contribution in [0.5, 0.6) is 0 Å². The fourth-order valence-electron chi connectivity index (χ4n) is 6.02. The zero-order valence-electron chi connectivity index (χ0n) is 19.7. The van der Waals surface area contributed by atoms with Gasteiger partial charge in [-0.05, 0) is 77.9 Å². The normalized spacial score (nSPS) is 29.5. The van der Waals surface area contributed by atoms with E-state index < -0.39 is 5.41 Å². The van der Waals surface area contributed by atoms with Crippen LogP contribution in [0.1, 0.15) is 64.4 Å². The molecule has 2 amide bonds. The van der Waals surface area contributed by atoms with Crippen LogP contribution in [0, 0.1) is 22.7 Å². The van der Waals surface area contributed by atoms with Crippen molar-refractivity contribution in [1.29, 1.82) is 5.26 Å². The quantitative estimate of drug-likeness (QED) is 0.659. The standard InChI is InChI=1S/C26H38N4O/c1-24(2,18-27)19-29-20-25(30(23(29)31)17-21-9-8-10-21)13-15-26(16-14-25,28(3)4)22-11-6-5-7-12-22/h5-7,11-12,21H,8-10,13-17,19-20H2,1-4H3. The third-order valence-electron chi connectivity index (χ3n) is 8.29. The van der Waals surface area contributed by atoms with Gasteiger partial charge in [-0.1, -0.05) is 36.8 Å². The van der Waals surface area contributed by atoms with E-state index in [2.05, 4.69) is 60.3 Å². The number of nitriles is 1. The molecule has 0 unspecified atom stereocenters. The maximum atomic E-state index is 13.5. The van der Waals surface area contributed by atoms with Crippen LogP contribution in [-0.2, 0) is 5.54 Å². The molecule has 3 aliphatic rings. The first-order chi connectivity index (χ1) is 14.7. The Morgan fingerprint density at radius 2 is 1.77 bits per heavy atom. The van der Waals surface area contributed by atoms with Crippen molar-refractivity contribution in [2.45, 2.75) is 69.9 Å². The van der Waals surface area contributed by atoms with Gasteiger partial charge in [-0.15, -0.1) is 0 Å². The zero-order chi connectivity index (χ0) is 22.3. The average Bonchev–Trinajstić information content (AvgIpc) is 2.96. The molecule has 1 heterocycles. The number of carbonyl (C=O) groups excluding carboxylic acids is 1. The van der Waals surface area contributed by atoms with Crippen LogP contribution in [0.2, 0.25) is 0 Å². The predicted octanol–water partition coefficient (Wildman–Crippen LogP) is 4.84. The molecule has 31 heavy (non-hydrogen) atoms. The van der Waals surface area contributed by atoms with Gasteiger partial charge in [0.2, 0.25) is 0 Å². The van der Waals surface area contributed by atoms with Crippen molar-refractivity contribution in [2.75, 3.05) is 33.7 Å². The Morgan fingerprint density at radius 1 is 1.13 bits per heavy atom. The molecular formula is C26H38N4O. The fourth-order valence-corrected chi connectivity index (χ4v) is 6.02. The van der Waals surface area contributed by atoms with Gasteiger partial charge in [0.1, 0.15) is 0 Å². The number of hydrogen-bond acceptors (Lipinski definition) is 3. The van der Waals surface area contributed by atoms with E-state index >= 15 is 0 Å². The van der Waals surface area contributed by atoms with Crippen molar-refractivity contribution in [3.63, 3.8) is 0 Å². The third kappa shape index (κ3) is 3.96. The van der Waals surface area contributed by atoms with Crippen molar-refractivity contribution in [3.8, 4) is 6.07 Å². The Balaban J connectivity index is 1.59. The zero-order valence-corrected chi connectivity index (χ0v) is 19.7. The Kier molecular flexibility index (Phi) is 5.81. The maximum Gasteiger partial charge on any atom is 0.320 e. The largest absolute Gasteiger partial charge is 0.321 e. The molecule has 5 heteroatoms. The summed E-state index contributed by atoms with van der Waals surface area (Å²) in [5, 5.41) is 9.55. The number of urea groups is 1. The van der Waals surface area contributed by atoms with E-state index in [4.69, 9.17) is 0 Å². The molecular weight excluding hydrogens is 384 g/mol. The van der Waals surface area contributed by atoms with Crippen LogP contribution in [0.3, 0.4) is 0 Å². The molecule has 1 aliphatic heterocycles. The van der Waals surface area contributed by atoms with Crippen molar-refractivity contribution < 1.29 is 4.79 Å². The lowest BCUT2D eigenvalue weighted by atomic mass is 9.68. The highest BCUT2D eigenvalue weighted by Crippen LogP contribution is 2.49. The number of rotatable bonds is 6. The summed E-state index contributed by atoms with van der Waals surface area (Å²) in [5.74, 6) is 0.652. The lowest BCUT2D eigenvalue weighted by molar-refractivity contribution is 0.0158. The summed E-state index contributed by atoms with van der Waals surface area (Å²) in [6.07, 6.45) is 7.92. The van der Waals surface area contributed by atoms with E-state index in [1.54, 1.807) is 0 Å². The maximum absolute atomic E-state index is 13.5. The highest BCUT2D eigenvalue weighted by Gasteiger charge is 2.55. The van der Waals surface area contributed by atoms with Gasteiger partial charge < -0.3 is 9.80 Å². The minimum atomic E-state index is -0.518. The second kappa shape index (κ2) is 8.13. The van der Waals surface area contributed by atoms with E-state index in [1.165, 1.54) is 24.8 Å². The fraction of sp³-hybridized carbons (Fsp3) is 0.692. The molecule has 2 saturated carbocycles. The summed E-state index contributed by atoms with van der Waals surface area (Å²) in [7, 11) is 4.39. The molecule has 4 rings (SSSR count). The second-order valence-corrected chi connectivity index (χ2v) is 11.1. The van der Waals surface area contributed by atoms with Gasteiger partial charge in [0, 0.05) is 25.2 Å². The monoisotopic (exact) mass is 422 g/mol. The van der Waals surface area contributed by atoms with Gasteiger partial charge in [-0.3, -0.25) is 4.90 Å². The van der Waals surface area contributed by atoms with Gasteiger partial charge in [-0.25, -0.2) is 4.79 Å². The van der Waals surface area contributed by atoms with Crippen LogP contribution in [0.15, 0.2) is 30.3 Å². The Bertz CT molecular complexity index is 829. The first kappa shape index (κ1) is 22.1. The highest BCUT2D eigenvalue weighted by atomic mass is 16.2. The van der Waals surface area contributed by atoms with E-state index in [1.807, 2.05) is 18.7 Å². The molecule has 3 fully saturated rings. The third-order valence-corrected chi connectivity index (χ3v) is 8.29. The molecule has 168 valence electrons. The van der Waals surface area contributed by atoms with Gasteiger partial charge in [0.05, 0.1) is 17.0 Å². The van der Waals surface area contributed by atoms with Crippen LogP contribution in [-0.4, -0.2) is 60.0 Å². The molecule has 0 bridgehead atoms. The van der Waals surface area contributed by atoms with Crippen LogP contribution < -0.4 is 0 Å². The average molecular weight is 423 g/mol. The number of nitrogens with zero attached hydrogens (tertiary/aromatic N) is 4. The van der Waals surface area contributed by atoms with Gasteiger partial charge in [-0.2, -0.15) is 5.26 Å². The van der Waals surface area contributed by atoms with E-state index in [0.717, 1.165) is 38.8 Å². The first-order valence-electron chi connectivity index (χ1n) is 11.9. The molecule has 1 saturated heterocycles. The summed E-state index contributed by atoms with van der Waals surface area (Å²) in [4.78, 5) is 20.1. The first-order valence-corrected chi connectivity index (χ1v) is 11.9. The summed E-state index contributed by atoms with van der Waals surface area (Å²) in [6.45, 7) is 6.05. The van der Waals surface area contributed by atoms with Crippen molar-refractivity contribution >= 4 is 6.03 Å². The molecule has 0 atom stereocenters. The number of hydrogen-bond donors (Lipinski definition) is 0. The summed E-state index contributed by atoms with van der Waals surface area (Å²) in [6, 6.07) is 13.4. The van der Waals surface area contributed by atoms with Crippen molar-refractivity contribution in [3.05, 3.63) is 35.9 Å². The van der Waals surface area contributed by atoms with Crippen LogP contribution in [0.4, 0.5) is 4.79 Å². The Hall–Kier alpha value is -2.06. The molecule has 5 nitrogen and oxygen atoms in total. The molecule has 2 aliphatic carbocycles. The Morgan fingerprint density at radius 3 is 2.29 bits per heavy atom. The number of carbonyl (C=O) groups is 1. The van der Waals surface area contributed by atoms with E-state index in [9.17, 15) is 10.1 Å². The second-order valence-electron chi connectivity index (χ2n) is 11.1. The number of benzene rings is 1. The summed E-state index contributed by atoms with van der Waals surface area (Å²) < 4.78 is 0. The van der Waals surface area contributed by atoms with Gasteiger partial charge >= 0.3 is 6.03 Å². The lowest BCUT2D eigenvalue weighted by Gasteiger charge is -2.51. The van der Waals surface area contributed by atoms with Crippen LogP contribution in [0.25, 0.3) is 0 Å². The highest BCUT2D eigenvalue weighted by molar-refractivity contribution is 5.78. The van der Waals surface area contributed by atoms with Crippen LogP contribution >= 0.6 is 0 Å². The lowest BCUT2D eigenvalue weighted by Crippen LogP contribution is -2.56. The van der Waals surface area contributed by atoms with Gasteiger partial charge in [0.25, 0.3) is 0 Å². The van der Waals surface area contributed by atoms with E-state index in [-0.39, 0.29) is 17.1 Å². The minimum Gasteiger partial charge on any atom is -0.321 e. The van der Waals surface area contributed by atoms with Crippen molar-refractivity contribution in [2.24, 2.45) is 11.3 Å². The van der Waals surface area contributed by atoms with E-state index in [0.29, 0.717) is 12.5 Å². The molecule has 0 radical (unpaired) electrons.